The highest BCUT2D eigenvalue weighted by molar-refractivity contribution is 9.10. The van der Waals surface area contributed by atoms with E-state index >= 15 is 0 Å². The van der Waals surface area contributed by atoms with Crippen LogP contribution in [0.5, 0.6) is 0 Å². The Hall–Kier alpha value is -2.46. The van der Waals surface area contributed by atoms with Crippen molar-refractivity contribution < 1.29 is 14.3 Å². The standard InChI is InChI=1S/C21H18BrCl2N5O3/c1-11-7-12(23)8-14(20(30)26-10-13-4-6-32-13)18(11)29(19-15(24)3-2-5-25-19)21(31)16-9-17(22)28-27-16/h2-3,5,7-9,13H,4,6,10H2,1H3,(H,26,30)(H,27,28). The smallest absolute Gasteiger partial charge is 0.284 e. The van der Waals surface area contributed by atoms with Crippen LogP contribution in [0.3, 0.4) is 0 Å². The zero-order valence-corrected chi connectivity index (χ0v) is 20.0. The van der Waals surface area contributed by atoms with Gasteiger partial charge in [-0.05, 0) is 59.1 Å². The molecule has 1 atom stereocenters. The summed E-state index contributed by atoms with van der Waals surface area (Å²) in [6, 6.07) is 7.98. The second kappa shape index (κ2) is 9.58. The molecule has 3 aromatic rings. The van der Waals surface area contributed by atoms with Gasteiger partial charge in [0, 0.05) is 30.4 Å². The molecule has 11 heteroatoms. The van der Waals surface area contributed by atoms with Crippen molar-refractivity contribution in [3.63, 3.8) is 0 Å². The van der Waals surface area contributed by atoms with Gasteiger partial charge < -0.3 is 10.1 Å². The van der Waals surface area contributed by atoms with Crippen molar-refractivity contribution in [2.24, 2.45) is 0 Å². The maximum Gasteiger partial charge on any atom is 0.284 e. The molecule has 1 aliphatic heterocycles. The highest BCUT2D eigenvalue weighted by Crippen LogP contribution is 2.37. The van der Waals surface area contributed by atoms with Crippen LogP contribution in [0, 0.1) is 6.92 Å². The molecule has 2 aromatic heterocycles. The predicted octanol–water partition coefficient (Wildman–Crippen LogP) is 4.68. The zero-order valence-electron chi connectivity index (χ0n) is 16.9. The van der Waals surface area contributed by atoms with Crippen LogP contribution in [0.2, 0.25) is 10.0 Å². The summed E-state index contributed by atoms with van der Waals surface area (Å²) in [6.45, 7) is 2.79. The summed E-state index contributed by atoms with van der Waals surface area (Å²) in [5, 5.41) is 10.2. The number of nitrogens with one attached hydrogen (secondary N) is 2. The number of nitrogens with zero attached hydrogens (tertiary/aromatic N) is 3. The van der Waals surface area contributed by atoms with Crippen molar-refractivity contribution in [2.75, 3.05) is 18.1 Å². The Bertz CT molecular complexity index is 1180. The summed E-state index contributed by atoms with van der Waals surface area (Å²) in [7, 11) is 0. The number of ether oxygens (including phenoxy) is 1. The van der Waals surface area contributed by atoms with Crippen LogP contribution < -0.4 is 10.2 Å². The number of halogens is 3. The number of hydrogen-bond donors (Lipinski definition) is 2. The van der Waals surface area contributed by atoms with Gasteiger partial charge in [-0.25, -0.2) is 4.98 Å². The lowest BCUT2D eigenvalue weighted by Crippen LogP contribution is -2.40. The second-order valence-electron chi connectivity index (χ2n) is 7.16. The predicted molar refractivity (Wildman–Crippen MR) is 125 cm³/mol. The number of pyridine rings is 1. The number of aromatic amines is 1. The summed E-state index contributed by atoms with van der Waals surface area (Å²) in [5.74, 6) is -0.747. The van der Waals surface area contributed by atoms with Crippen molar-refractivity contribution in [1.82, 2.24) is 20.5 Å². The first-order valence-electron chi connectivity index (χ1n) is 9.71. The number of H-pyrrole nitrogens is 1. The van der Waals surface area contributed by atoms with Gasteiger partial charge in [0.2, 0.25) is 0 Å². The van der Waals surface area contributed by atoms with Gasteiger partial charge in [0.05, 0.1) is 22.4 Å². The van der Waals surface area contributed by atoms with Crippen LogP contribution in [0.15, 0.2) is 41.1 Å². The highest BCUT2D eigenvalue weighted by Gasteiger charge is 2.31. The minimum absolute atomic E-state index is 0.0212. The van der Waals surface area contributed by atoms with Crippen molar-refractivity contribution in [3.8, 4) is 0 Å². The van der Waals surface area contributed by atoms with Gasteiger partial charge in [0.15, 0.2) is 11.5 Å². The van der Waals surface area contributed by atoms with Crippen LogP contribution in [0.1, 0.15) is 32.8 Å². The number of benzene rings is 1. The molecule has 1 unspecified atom stereocenters. The number of carbonyl (C=O) groups is 2. The van der Waals surface area contributed by atoms with E-state index < -0.39 is 11.8 Å². The Labute approximate surface area is 202 Å². The molecule has 0 aliphatic carbocycles. The Balaban J connectivity index is 1.84. The molecule has 8 nitrogen and oxygen atoms in total. The van der Waals surface area contributed by atoms with E-state index in [1.165, 1.54) is 23.2 Å². The van der Waals surface area contributed by atoms with Crippen molar-refractivity contribution in [3.05, 3.63) is 68.0 Å². The molecular weight excluding hydrogens is 521 g/mol. The quantitative estimate of drug-likeness (QED) is 0.474. The molecule has 1 fully saturated rings. The van der Waals surface area contributed by atoms with Gasteiger partial charge in [0.1, 0.15) is 4.60 Å². The van der Waals surface area contributed by atoms with Crippen LogP contribution >= 0.6 is 39.1 Å². The molecule has 0 radical (unpaired) electrons. The third-order valence-corrected chi connectivity index (χ3v) is 5.86. The van der Waals surface area contributed by atoms with E-state index in [0.717, 1.165) is 6.42 Å². The molecule has 1 aliphatic rings. The van der Waals surface area contributed by atoms with Crippen molar-refractivity contribution in [2.45, 2.75) is 19.4 Å². The molecule has 1 saturated heterocycles. The molecule has 166 valence electrons. The van der Waals surface area contributed by atoms with Crippen LogP contribution in [0.25, 0.3) is 0 Å². The molecule has 2 amide bonds. The highest BCUT2D eigenvalue weighted by atomic mass is 79.9. The minimum Gasteiger partial charge on any atom is -0.376 e. The van der Waals surface area contributed by atoms with Gasteiger partial charge in [-0.2, -0.15) is 5.10 Å². The minimum atomic E-state index is -0.519. The summed E-state index contributed by atoms with van der Waals surface area (Å²) in [4.78, 5) is 32.3. The first-order chi connectivity index (χ1) is 15.3. The SMILES string of the molecule is Cc1cc(Cl)cc(C(=O)NCC2CCO2)c1N(C(=O)c1cc(Br)[nH]n1)c1ncccc1Cl. The average Bonchev–Trinajstić information content (AvgIpc) is 3.15. The summed E-state index contributed by atoms with van der Waals surface area (Å²) in [6.07, 6.45) is 2.37. The van der Waals surface area contributed by atoms with Crippen LogP contribution in [0.4, 0.5) is 11.5 Å². The molecule has 1 aromatic carbocycles. The Kier molecular flexibility index (Phi) is 6.80. The number of anilines is 2. The third kappa shape index (κ3) is 4.66. The monoisotopic (exact) mass is 537 g/mol. The normalized spacial score (nSPS) is 15.2. The first kappa shape index (κ1) is 22.7. The molecule has 32 heavy (non-hydrogen) atoms. The van der Waals surface area contributed by atoms with E-state index in [-0.39, 0.29) is 28.2 Å². The van der Waals surface area contributed by atoms with E-state index in [2.05, 4.69) is 36.4 Å². The first-order valence-corrected chi connectivity index (χ1v) is 11.3. The fourth-order valence-corrected chi connectivity index (χ4v) is 4.10. The summed E-state index contributed by atoms with van der Waals surface area (Å²) >= 11 is 15.9. The van der Waals surface area contributed by atoms with Crippen LogP contribution in [-0.4, -0.2) is 46.3 Å². The van der Waals surface area contributed by atoms with Crippen molar-refractivity contribution >= 4 is 62.5 Å². The van der Waals surface area contributed by atoms with Crippen LogP contribution in [-0.2, 0) is 4.74 Å². The maximum absolute atomic E-state index is 13.6. The molecule has 4 rings (SSSR count). The van der Waals surface area contributed by atoms with E-state index in [4.69, 9.17) is 27.9 Å². The van der Waals surface area contributed by atoms with Gasteiger partial charge in [-0.1, -0.05) is 23.2 Å². The fraction of sp³-hybridized carbons (Fsp3) is 0.238. The van der Waals surface area contributed by atoms with E-state index in [0.29, 0.717) is 34.0 Å². The Morgan fingerprint density at radius 2 is 2.12 bits per heavy atom. The number of hydrogen-bond acceptors (Lipinski definition) is 5. The van der Waals surface area contributed by atoms with Gasteiger partial charge >= 0.3 is 0 Å². The number of aryl methyl sites for hydroxylation is 1. The summed E-state index contributed by atoms with van der Waals surface area (Å²) < 4.78 is 5.90. The van der Waals surface area contributed by atoms with Gasteiger partial charge in [0.25, 0.3) is 11.8 Å². The van der Waals surface area contributed by atoms with E-state index in [1.54, 1.807) is 25.1 Å². The third-order valence-electron chi connectivity index (χ3n) is 4.94. The zero-order chi connectivity index (χ0) is 22.8. The van der Waals surface area contributed by atoms with E-state index in [9.17, 15) is 9.59 Å². The average molecular weight is 539 g/mol. The lowest BCUT2D eigenvalue weighted by Gasteiger charge is -2.28. The number of rotatable bonds is 6. The number of amides is 2. The van der Waals surface area contributed by atoms with Gasteiger partial charge in [-0.15, -0.1) is 0 Å². The van der Waals surface area contributed by atoms with E-state index in [1.807, 2.05) is 0 Å². The number of carbonyl (C=O) groups excluding carboxylic acids is 2. The molecule has 3 heterocycles. The fourth-order valence-electron chi connectivity index (χ4n) is 3.32. The lowest BCUT2D eigenvalue weighted by molar-refractivity contribution is -0.0472. The lowest BCUT2D eigenvalue weighted by atomic mass is 10.0. The maximum atomic E-state index is 13.6. The molecule has 2 N–H and O–H groups in total. The number of aromatic nitrogens is 3. The Morgan fingerprint density at radius 1 is 1.34 bits per heavy atom. The summed E-state index contributed by atoms with van der Waals surface area (Å²) in [5.41, 5.74) is 1.22. The largest absolute Gasteiger partial charge is 0.376 e. The molecule has 0 saturated carbocycles. The van der Waals surface area contributed by atoms with Crippen molar-refractivity contribution in [1.29, 1.82) is 0 Å². The molecule has 0 bridgehead atoms. The second-order valence-corrected chi connectivity index (χ2v) is 8.86. The Morgan fingerprint density at radius 3 is 2.75 bits per heavy atom. The molecular formula is C21H18BrCl2N5O3. The topological polar surface area (TPSA) is 100 Å². The molecule has 0 spiro atoms. The van der Waals surface area contributed by atoms with Gasteiger partial charge in [-0.3, -0.25) is 19.6 Å².